The minimum atomic E-state index is -0.272. The molecule has 0 aromatic carbocycles. The first kappa shape index (κ1) is 9.94. The van der Waals surface area contributed by atoms with E-state index in [0.29, 0.717) is 12.3 Å². The fraction of sp³-hybridized carbons (Fsp3) is 0.714. The lowest BCUT2D eigenvalue weighted by molar-refractivity contribution is -0.141. The van der Waals surface area contributed by atoms with E-state index in [1.54, 1.807) is 13.8 Å². The van der Waals surface area contributed by atoms with Crippen LogP contribution in [0, 0.1) is 0 Å². The van der Waals surface area contributed by atoms with Crippen molar-refractivity contribution in [3.63, 3.8) is 0 Å². The molecule has 11 heavy (non-hydrogen) atoms. The molecule has 0 rings (SSSR count). The standard InChI is InChI=1S/C7H13NO3/c1-4-11-7(9)5-6(2)8-10-3/h4-5H2,1-3H3/b8-6+. The van der Waals surface area contributed by atoms with E-state index >= 15 is 0 Å². The molecule has 0 fully saturated rings. The van der Waals surface area contributed by atoms with E-state index in [4.69, 9.17) is 0 Å². The summed E-state index contributed by atoms with van der Waals surface area (Å²) in [5.41, 5.74) is 0.617. The molecule has 0 heterocycles. The van der Waals surface area contributed by atoms with Crippen LogP contribution in [-0.4, -0.2) is 25.4 Å². The number of rotatable bonds is 4. The zero-order valence-electron chi connectivity index (χ0n) is 7.09. The molecule has 4 nitrogen and oxygen atoms in total. The summed E-state index contributed by atoms with van der Waals surface area (Å²) in [5.74, 6) is -0.272. The maximum atomic E-state index is 10.8. The van der Waals surface area contributed by atoms with Crippen molar-refractivity contribution >= 4 is 11.7 Å². The van der Waals surface area contributed by atoms with Gasteiger partial charge in [-0.15, -0.1) is 0 Å². The third kappa shape index (κ3) is 5.39. The summed E-state index contributed by atoms with van der Waals surface area (Å²) in [7, 11) is 1.44. The molecule has 0 aliphatic carbocycles. The van der Waals surface area contributed by atoms with Gasteiger partial charge in [0.15, 0.2) is 0 Å². The van der Waals surface area contributed by atoms with Gasteiger partial charge in [-0.05, 0) is 13.8 Å². The lowest BCUT2D eigenvalue weighted by Crippen LogP contribution is -2.08. The van der Waals surface area contributed by atoms with Gasteiger partial charge in [-0.1, -0.05) is 5.16 Å². The Morgan fingerprint density at radius 1 is 1.55 bits per heavy atom. The number of carbonyl (C=O) groups is 1. The first-order valence-corrected chi connectivity index (χ1v) is 3.43. The first-order valence-electron chi connectivity index (χ1n) is 3.43. The maximum Gasteiger partial charge on any atom is 0.311 e. The molecule has 0 radical (unpaired) electrons. The minimum absolute atomic E-state index is 0.196. The zero-order chi connectivity index (χ0) is 8.69. The Morgan fingerprint density at radius 3 is 2.64 bits per heavy atom. The molecule has 0 saturated heterocycles. The van der Waals surface area contributed by atoms with Crippen molar-refractivity contribution in [3.8, 4) is 0 Å². The van der Waals surface area contributed by atoms with E-state index in [9.17, 15) is 4.79 Å². The molecule has 0 aliphatic rings. The number of nitrogens with zero attached hydrogens (tertiary/aromatic N) is 1. The highest BCUT2D eigenvalue weighted by atomic mass is 16.6. The highest BCUT2D eigenvalue weighted by Crippen LogP contribution is 1.90. The summed E-state index contributed by atoms with van der Waals surface area (Å²) in [5, 5.41) is 3.56. The first-order chi connectivity index (χ1) is 5.20. The Balaban J connectivity index is 3.66. The van der Waals surface area contributed by atoms with Crippen LogP contribution < -0.4 is 0 Å². The summed E-state index contributed by atoms with van der Waals surface area (Å²) >= 11 is 0. The average molecular weight is 159 g/mol. The Labute approximate surface area is 66.2 Å². The van der Waals surface area contributed by atoms with Crippen molar-refractivity contribution in [1.82, 2.24) is 0 Å². The molecule has 0 N–H and O–H groups in total. The van der Waals surface area contributed by atoms with Crippen LogP contribution in [0.5, 0.6) is 0 Å². The normalized spacial score (nSPS) is 11.0. The summed E-state index contributed by atoms with van der Waals surface area (Å²) in [4.78, 5) is 15.2. The Kier molecular flexibility index (Phi) is 5.15. The van der Waals surface area contributed by atoms with Crippen LogP contribution in [0.2, 0.25) is 0 Å². The molecule has 0 amide bonds. The van der Waals surface area contributed by atoms with Crippen molar-refractivity contribution in [3.05, 3.63) is 0 Å². The highest BCUT2D eigenvalue weighted by molar-refractivity contribution is 5.97. The second-order valence-electron chi connectivity index (χ2n) is 1.99. The quantitative estimate of drug-likeness (QED) is 0.349. The molecule has 0 aliphatic heterocycles. The van der Waals surface area contributed by atoms with Gasteiger partial charge < -0.3 is 9.57 Å². The number of esters is 1. The van der Waals surface area contributed by atoms with Gasteiger partial charge >= 0.3 is 5.97 Å². The molecular formula is C7H13NO3. The molecule has 64 valence electrons. The summed E-state index contributed by atoms with van der Waals surface area (Å²) in [6, 6.07) is 0. The molecule has 0 saturated carbocycles. The smallest absolute Gasteiger partial charge is 0.311 e. The van der Waals surface area contributed by atoms with E-state index in [2.05, 4.69) is 14.7 Å². The van der Waals surface area contributed by atoms with Crippen molar-refractivity contribution in [1.29, 1.82) is 0 Å². The number of hydrogen-bond acceptors (Lipinski definition) is 4. The molecule has 4 heteroatoms. The van der Waals surface area contributed by atoms with Gasteiger partial charge in [0.05, 0.1) is 18.7 Å². The van der Waals surface area contributed by atoms with E-state index in [1.807, 2.05) is 0 Å². The SMILES string of the molecule is CCOC(=O)C/C(C)=N/OC. The lowest BCUT2D eigenvalue weighted by atomic mass is 10.3. The molecule has 0 aromatic heterocycles. The van der Waals surface area contributed by atoms with Crippen LogP contribution in [0.4, 0.5) is 0 Å². The third-order valence-electron chi connectivity index (χ3n) is 0.953. The predicted octanol–water partition coefficient (Wildman–Crippen LogP) is 0.962. The van der Waals surface area contributed by atoms with E-state index in [-0.39, 0.29) is 12.4 Å². The summed E-state index contributed by atoms with van der Waals surface area (Å²) < 4.78 is 4.68. The van der Waals surface area contributed by atoms with Gasteiger partial charge in [-0.2, -0.15) is 0 Å². The maximum absolute atomic E-state index is 10.8. The van der Waals surface area contributed by atoms with Crippen LogP contribution in [0.1, 0.15) is 20.3 Å². The van der Waals surface area contributed by atoms with E-state index in [1.165, 1.54) is 7.11 Å². The Hall–Kier alpha value is -1.06. The third-order valence-corrected chi connectivity index (χ3v) is 0.953. The van der Waals surface area contributed by atoms with Crippen molar-refractivity contribution in [2.24, 2.45) is 5.16 Å². The summed E-state index contributed by atoms with van der Waals surface area (Å²) in [6.45, 7) is 3.88. The topological polar surface area (TPSA) is 47.9 Å². The predicted molar refractivity (Wildman–Crippen MR) is 41.4 cm³/mol. The number of ether oxygens (including phenoxy) is 1. The van der Waals surface area contributed by atoms with Gasteiger partial charge in [0.2, 0.25) is 0 Å². The van der Waals surface area contributed by atoms with Crippen molar-refractivity contribution in [2.75, 3.05) is 13.7 Å². The lowest BCUT2D eigenvalue weighted by Gasteiger charge is -1.99. The second-order valence-corrected chi connectivity index (χ2v) is 1.99. The van der Waals surface area contributed by atoms with Crippen LogP contribution >= 0.6 is 0 Å². The monoisotopic (exact) mass is 159 g/mol. The van der Waals surface area contributed by atoms with Crippen LogP contribution in [0.15, 0.2) is 5.16 Å². The van der Waals surface area contributed by atoms with Crippen LogP contribution in [-0.2, 0) is 14.4 Å². The largest absolute Gasteiger partial charge is 0.466 e. The molecule has 0 aromatic rings. The molecular weight excluding hydrogens is 146 g/mol. The van der Waals surface area contributed by atoms with Crippen LogP contribution in [0.3, 0.4) is 0 Å². The number of carbonyl (C=O) groups excluding carboxylic acids is 1. The fourth-order valence-corrected chi connectivity index (χ4v) is 0.609. The van der Waals surface area contributed by atoms with E-state index in [0.717, 1.165) is 0 Å². The molecule has 0 unspecified atom stereocenters. The number of oxime groups is 1. The van der Waals surface area contributed by atoms with Gasteiger partial charge in [0.1, 0.15) is 7.11 Å². The van der Waals surface area contributed by atoms with Crippen molar-refractivity contribution < 1.29 is 14.4 Å². The van der Waals surface area contributed by atoms with Crippen molar-refractivity contribution in [2.45, 2.75) is 20.3 Å². The van der Waals surface area contributed by atoms with E-state index < -0.39 is 0 Å². The number of hydrogen-bond donors (Lipinski definition) is 0. The Bertz CT molecular complexity index is 154. The summed E-state index contributed by atoms with van der Waals surface area (Å²) in [6.07, 6.45) is 0.196. The van der Waals surface area contributed by atoms with Gasteiger partial charge in [-0.3, -0.25) is 4.79 Å². The van der Waals surface area contributed by atoms with Gasteiger partial charge in [0, 0.05) is 0 Å². The fourth-order valence-electron chi connectivity index (χ4n) is 0.609. The van der Waals surface area contributed by atoms with Crippen LogP contribution in [0.25, 0.3) is 0 Å². The molecule has 0 spiro atoms. The van der Waals surface area contributed by atoms with Gasteiger partial charge in [0.25, 0.3) is 0 Å². The molecule has 0 atom stereocenters. The zero-order valence-corrected chi connectivity index (χ0v) is 7.09. The minimum Gasteiger partial charge on any atom is -0.466 e. The second kappa shape index (κ2) is 5.70. The highest BCUT2D eigenvalue weighted by Gasteiger charge is 2.03. The van der Waals surface area contributed by atoms with Gasteiger partial charge in [-0.25, -0.2) is 0 Å². The Morgan fingerprint density at radius 2 is 2.18 bits per heavy atom. The molecule has 0 bridgehead atoms. The average Bonchev–Trinajstić information content (AvgIpc) is 1.87.